The van der Waals surface area contributed by atoms with Gasteiger partial charge in [0.15, 0.2) is 5.96 Å². The van der Waals surface area contributed by atoms with Gasteiger partial charge in [0.1, 0.15) is 12.4 Å². The van der Waals surface area contributed by atoms with Crippen LogP contribution >= 0.6 is 0 Å². The van der Waals surface area contributed by atoms with Gasteiger partial charge in [-0.2, -0.15) is 0 Å². The third kappa shape index (κ3) is 5.45. The van der Waals surface area contributed by atoms with E-state index in [1.54, 1.807) is 25.2 Å². The van der Waals surface area contributed by atoms with Crippen molar-refractivity contribution >= 4 is 16.9 Å². The number of guanidine groups is 1. The zero-order valence-electron chi connectivity index (χ0n) is 15.7. The molecule has 0 spiro atoms. The summed E-state index contributed by atoms with van der Waals surface area (Å²) in [4.78, 5) is 7.50. The van der Waals surface area contributed by atoms with Gasteiger partial charge in [0, 0.05) is 37.2 Å². The van der Waals surface area contributed by atoms with E-state index in [1.807, 2.05) is 24.4 Å². The summed E-state index contributed by atoms with van der Waals surface area (Å²) in [7, 11) is 1.71. The number of aromatic nitrogens is 1. The third-order valence-electron chi connectivity index (χ3n) is 4.32. The Hall–Kier alpha value is -3.09. The lowest BCUT2D eigenvalue weighted by molar-refractivity contribution is 0.0818. The number of aromatic amines is 1. The number of hydrogen-bond donors (Lipinski definition) is 3. The molecule has 1 aromatic heterocycles. The smallest absolute Gasteiger partial charge is 0.272 e. The molecule has 3 rings (SSSR count). The highest BCUT2D eigenvalue weighted by atomic mass is 19.3. The lowest BCUT2D eigenvalue weighted by Gasteiger charge is -2.13. The van der Waals surface area contributed by atoms with Crippen LogP contribution in [0.1, 0.15) is 11.1 Å². The summed E-state index contributed by atoms with van der Waals surface area (Å²) in [5, 5.41) is 7.74. The van der Waals surface area contributed by atoms with E-state index in [0.717, 1.165) is 24.0 Å². The van der Waals surface area contributed by atoms with Crippen molar-refractivity contribution in [1.82, 2.24) is 15.6 Å². The minimum Gasteiger partial charge on any atom is -0.488 e. The van der Waals surface area contributed by atoms with Crippen LogP contribution in [0.5, 0.6) is 5.75 Å². The monoisotopic (exact) mass is 386 g/mol. The highest BCUT2D eigenvalue weighted by Gasteiger charge is 2.06. The Balaban J connectivity index is 1.48. The van der Waals surface area contributed by atoms with Crippen LogP contribution in [-0.2, 0) is 13.0 Å². The molecule has 0 atom stereocenters. The summed E-state index contributed by atoms with van der Waals surface area (Å²) in [5.41, 5.74) is 3.31. The first-order valence-electron chi connectivity index (χ1n) is 9.15. The summed E-state index contributed by atoms with van der Waals surface area (Å²) < 4.78 is 29.6. The maximum absolute atomic E-state index is 12.3. The Morgan fingerprint density at radius 2 is 2.00 bits per heavy atom. The van der Waals surface area contributed by atoms with Crippen LogP contribution in [0.4, 0.5) is 8.78 Å². The highest BCUT2D eigenvalue weighted by Crippen LogP contribution is 2.17. The van der Waals surface area contributed by atoms with Gasteiger partial charge in [0.2, 0.25) is 0 Å². The number of alkyl halides is 2. The Morgan fingerprint density at radius 1 is 1.14 bits per heavy atom. The number of para-hydroxylation sites is 1. The second-order valence-corrected chi connectivity index (χ2v) is 6.31. The average Bonchev–Trinajstić information content (AvgIpc) is 3.12. The van der Waals surface area contributed by atoms with Gasteiger partial charge in [-0.3, -0.25) is 4.99 Å². The van der Waals surface area contributed by atoms with E-state index in [4.69, 9.17) is 4.74 Å². The standard InChI is InChI=1S/C21H24F2N4O/c1-24-21(25-10-9-16-13-26-19-8-3-2-7-18(16)19)27-12-15-5-4-6-17(11-15)28-14-20(22)23/h2-8,11,13,20,26H,9-10,12,14H2,1H3,(H2,24,25,27). The van der Waals surface area contributed by atoms with Crippen molar-refractivity contribution < 1.29 is 13.5 Å². The molecule has 0 amide bonds. The molecule has 0 aliphatic carbocycles. The van der Waals surface area contributed by atoms with Crippen LogP contribution in [0.15, 0.2) is 59.7 Å². The van der Waals surface area contributed by atoms with E-state index < -0.39 is 13.0 Å². The number of rotatable bonds is 8. The van der Waals surface area contributed by atoms with Crippen molar-refractivity contribution in [3.63, 3.8) is 0 Å². The van der Waals surface area contributed by atoms with Gasteiger partial charge in [0.25, 0.3) is 6.43 Å². The number of aliphatic imine (C=N–C) groups is 1. The minimum atomic E-state index is -2.48. The maximum Gasteiger partial charge on any atom is 0.272 e. The van der Waals surface area contributed by atoms with Gasteiger partial charge < -0.3 is 20.4 Å². The van der Waals surface area contributed by atoms with Gasteiger partial charge in [0.05, 0.1) is 0 Å². The van der Waals surface area contributed by atoms with Crippen molar-refractivity contribution in [3.05, 3.63) is 65.9 Å². The number of benzene rings is 2. The molecule has 0 saturated carbocycles. The van der Waals surface area contributed by atoms with Crippen LogP contribution < -0.4 is 15.4 Å². The van der Waals surface area contributed by atoms with E-state index in [1.165, 1.54) is 10.9 Å². The third-order valence-corrected chi connectivity index (χ3v) is 4.32. The van der Waals surface area contributed by atoms with Crippen molar-refractivity contribution in [2.24, 2.45) is 4.99 Å². The number of H-pyrrole nitrogens is 1. The molecule has 0 aliphatic rings. The largest absolute Gasteiger partial charge is 0.488 e. The normalized spacial score (nSPS) is 11.8. The SMILES string of the molecule is CN=C(NCCc1c[nH]c2ccccc12)NCc1cccc(OCC(F)F)c1. The number of fused-ring (bicyclic) bond motifs is 1. The lowest BCUT2D eigenvalue weighted by Crippen LogP contribution is -2.37. The first kappa shape index (κ1) is 19.7. The molecule has 0 aliphatic heterocycles. The summed E-state index contributed by atoms with van der Waals surface area (Å²) in [6.45, 7) is 0.644. The van der Waals surface area contributed by atoms with Crippen LogP contribution in [0.25, 0.3) is 10.9 Å². The number of halogens is 2. The van der Waals surface area contributed by atoms with Crippen molar-refractivity contribution in [3.8, 4) is 5.75 Å². The summed E-state index contributed by atoms with van der Waals surface area (Å²) >= 11 is 0. The van der Waals surface area contributed by atoms with Gasteiger partial charge >= 0.3 is 0 Å². The number of ether oxygens (including phenoxy) is 1. The molecule has 0 radical (unpaired) electrons. The first-order valence-corrected chi connectivity index (χ1v) is 9.15. The molecule has 148 valence electrons. The fourth-order valence-electron chi connectivity index (χ4n) is 2.96. The summed E-state index contributed by atoms with van der Waals surface area (Å²) in [6.07, 6.45) is 0.414. The van der Waals surface area contributed by atoms with Crippen LogP contribution in [-0.4, -0.2) is 37.6 Å². The topological polar surface area (TPSA) is 61.4 Å². The van der Waals surface area contributed by atoms with Gasteiger partial charge in [-0.15, -0.1) is 0 Å². The van der Waals surface area contributed by atoms with E-state index >= 15 is 0 Å². The molecule has 5 nitrogen and oxygen atoms in total. The Bertz CT molecular complexity index is 923. The van der Waals surface area contributed by atoms with Crippen LogP contribution in [0.2, 0.25) is 0 Å². The molecule has 3 N–H and O–H groups in total. The van der Waals surface area contributed by atoms with E-state index in [9.17, 15) is 8.78 Å². The maximum atomic E-state index is 12.3. The number of nitrogens with one attached hydrogen (secondary N) is 3. The van der Waals surface area contributed by atoms with Crippen molar-refractivity contribution in [2.75, 3.05) is 20.2 Å². The molecule has 0 bridgehead atoms. The molecule has 0 fully saturated rings. The van der Waals surface area contributed by atoms with Gasteiger partial charge in [-0.1, -0.05) is 30.3 Å². The van der Waals surface area contributed by atoms with E-state index in [-0.39, 0.29) is 0 Å². The molecule has 2 aromatic carbocycles. The Kier molecular flexibility index (Phi) is 6.84. The van der Waals surface area contributed by atoms with E-state index in [2.05, 4.69) is 32.7 Å². The second-order valence-electron chi connectivity index (χ2n) is 6.31. The fourth-order valence-corrected chi connectivity index (χ4v) is 2.96. The molecule has 28 heavy (non-hydrogen) atoms. The average molecular weight is 386 g/mol. The first-order chi connectivity index (χ1) is 13.7. The number of nitrogens with zero attached hydrogens (tertiary/aromatic N) is 1. The second kappa shape index (κ2) is 9.73. The van der Waals surface area contributed by atoms with Crippen LogP contribution in [0, 0.1) is 0 Å². The fraction of sp³-hybridized carbons (Fsp3) is 0.286. The number of hydrogen-bond acceptors (Lipinski definition) is 2. The van der Waals surface area contributed by atoms with Crippen LogP contribution in [0.3, 0.4) is 0 Å². The predicted molar refractivity (Wildman–Crippen MR) is 108 cm³/mol. The molecule has 7 heteroatoms. The summed E-state index contributed by atoms with van der Waals surface area (Å²) in [5.74, 6) is 1.11. The quantitative estimate of drug-likeness (QED) is 0.408. The van der Waals surface area contributed by atoms with Crippen molar-refractivity contribution in [1.29, 1.82) is 0 Å². The lowest BCUT2D eigenvalue weighted by atomic mass is 10.1. The molecule has 1 heterocycles. The van der Waals surface area contributed by atoms with Gasteiger partial charge in [-0.25, -0.2) is 8.78 Å². The Morgan fingerprint density at radius 3 is 2.82 bits per heavy atom. The zero-order valence-corrected chi connectivity index (χ0v) is 15.7. The highest BCUT2D eigenvalue weighted by molar-refractivity contribution is 5.83. The predicted octanol–water partition coefficient (Wildman–Crippen LogP) is 3.72. The van der Waals surface area contributed by atoms with Crippen molar-refractivity contribution in [2.45, 2.75) is 19.4 Å². The zero-order chi connectivity index (χ0) is 19.8. The minimum absolute atomic E-state index is 0.432. The Labute approximate surface area is 162 Å². The van der Waals surface area contributed by atoms with Gasteiger partial charge in [-0.05, 0) is 35.7 Å². The molecular formula is C21H24F2N4O. The molecular weight excluding hydrogens is 362 g/mol. The molecule has 0 saturated heterocycles. The molecule has 3 aromatic rings. The molecule has 0 unspecified atom stereocenters. The van der Waals surface area contributed by atoms with E-state index in [0.29, 0.717) is 18.3 Å². The summed E-state index contributed by atoms with van der Waals surface area (Å²) in [6, 6.07) is 15.3.